The molecular formula is C14H28N2. The Hall–Kier alpha value is -0.0800. The number of rotatable bonds is 3. The lowest BCUT2D eigenvalue weighted by molar-refractivity contribution is 0.0935. The molecule has 1 aliphatic heterocycles. The van der Waals surface area contributed by atoms with Gasteiger partial charge in [-0.1, -0.05) is 26.2 Å². The van der Waals surface area contributed by atoms with Crippen molar-refractivity contribution in [3.8, 4) is 0 Å². The van der Waals surface area contributed by atoms with Gasteiger partial charge >= 0.3 is 0 Å². The Labute approximate surface area is 101 Å². The van der Waals surface area contributed by atoms with Crippen LogP contribution in [0.3, 0.4) is 0 Å². The Bertz CT molecular complexity index is 217. The maximum Gasteiger partial charge on any atom is 0.0126 e. The van der Waals surface area contributed by atoms with Gasteiger partial charge in [-0.2, -0.15) is 0 Å². The summed E-state index contributed by atoms with van der Waals surface area (Å²) >= 11 is 0. The molecular weight excluding hydrogens is 196 g/mol. The van der Waals surface area contributed by atoms with Gasteiger partial charge in [0.25, 0.3) is 0 Å². The zero-order valence-electron chi connectivity index (χ0n) is 11.0. The largest absolute Gasteiger partial charge is 0.330 e. The first kappa shape index (κ1) is 12.4. The van der Waals surface area contributed by atoms with Crippen LogP contribution in [0.1, 0.15) is 52.4 Å². The average Bonchev–Trinajstić information content (AvgIpc) is 2.70. The van der Waals surface area contributed by atoms with Gasteiger partial charge in [0.1, 0.15) is 0 Å². The molecule has 0 amide bonds. The van der Waals surface area contributed by atoms with E-state index in [2.05, 4.69) is 18.7 Å². The van der Waals surface area contributed by atoms with Gasteiger partial charge in [-0.05, 0) is 44.6 Å². The highest BCUT2D eigenvalue weighted by atomic mass is 15.2. The van der Waals surface area contributed by atoms with Gasteiger partial charge in [0, 0.05) is 18.6 Å². The molecule has 1 heterocycles. The molecule has 2 nitrogen and oxygen atoms in total. The third-order valence-electron chi connectivity index (χ3n) is 4.86. The van der Waals surface area contributed by atoms with Crippen LogP contribution in [0.4, 0.5) is 0 Å². The molecule has 0 aromatic rings. The summed E-state index contributed by atoms with van der Waals surface area (Å²) in [6, 6.07) is 1.64. The van der Waals surface area contributed by atoms with Crippen LogP contribution in [0.5, 0.6) is 0 Å². The number of nitrogens with zero attached hydrogens (tertiary/aromatic N) is 1. The molecule has 1 saturated heterocycles. The first-order chi connectivity index (χ1) is 7.76. The number of likely N-dealkylation sites (tertiary alicyclic amines) is 1. The molecule has 94 valence electrons. The Morgan fingerprint density at radius 3 is 2.62 bits per heavy atom. The molecule has 0 aromatic carbocycles. The van der Waals surface area contributed by atoms with Crippen LogP contribution in [0.25, 0.3) is 0 Å². The van der Waals surface area contributed by atoms with Gasteiger partial charge < -0.3 is 5.73 Å². The summed E-state index contributed by atoms with van der Waals surface area (Å²) in [5, 5.41) is 0. The zero-order chi connectivity index (χ0) is 11.5. The van der Waals surface area contributed by atoms with Crippen LogP contribution in [-0.4, -0.2) is 30.1 Å². The Morgan fingerprint density at radius 1 is 1.25 bits per heavy atom. The van der Waals surface area contributed by atoms with Crippen LogP contribution in [-0.2, 0) is 0 Å². The number of hydrogen-bond donors (Lipinski definition) is 1. The lowest BCUT2D eigenvalue weighted by atomic mass is 9.81. The summed E-state index contributed by atoms with van der Waals surface area (Å²) in [5.41, 5.74) is 5.83. The molecule has 2 N–H and O–H groups in total. The van der Waals surface area contributed by atoms with Crippen molar-refractivity contribution < 1.29 is 0 Å². The molecule has 0 bridgehead atoms. The highest BCUT2D eigenvalue weighted by Gasteiger charge is 2.37. The minimum atomic E-state index is 0.759. The predicted octanol–water partition coefficient (Wildman–Crippen LogP) is 2.62. The van der Waals surface area contributed by atoms with E-state index >= 15 is 0 Å². The molecule has 2 heteroatoms. The standard InChI is InChI=1S/C14H28N2/c1-3-13-6-4-5-7-14(13)16-10-12(9-15)8-11(16)2/h11-14H,3-10,15H2,1-2H3. The van der Waals surface area contributed by atoms with Gasteiger partial charge in [-0.15, -0.1) is 0 Å². The van der Waals surface area contributed by atoms with E-state index in [1.807, 2.05) is 0 Å². The normalized spacial score (nSPS) is 41.4. The summed E-state index contributed by atoms with van der Waals surface area (Å²) in [7, 11) is 0. The van der Waals surface area contributed by atoms with Gasteiger partial charge in [0.2, 0.25) is 0 Å². The van der Waals surface area contributed by atoms with E-state index in [0.717, 1.165) is 30.5 Å². The van der Waals surface area contributed by atoms with Crippen LogP contribution in [0.2, 0.25) is 0 Å². The maximum atomic E-state index is 5.83. The summed E-state index contributed by atoms with van der Waals surface area (Å²) in [6.07, 6.45) is 8.47. The fourth-order valence-corrected chi connectivity index (χ4v) is 3.90. The van der Waals surface area contributed by atoms with Gasteiger partial charge in [-0.25, -0.2) is 0 Å². The van der Waals surface area contributed by atoms with Crippen molar-refractivity contribution in [1.29, 1.82) is 0 Å². The lowest BCUT2D eigenvalue weighted by Gasteiger charge is -2.40. The molecule has 0 radical (unpaired) electrons. The second-order valence-electron chi connectivity index (χ2n) is 5.90. The monoisotopic (exact) mass is 224 g/mol. The third kappa shape index (κ3) is 2.43. The van der Waals surface area contributed by atoms with Crippen LogP contribution in [0, 0.1) is 11.8 Å². The van der Waals surface area contributed by atoms with Crippen molar-refractivity contribution >= 4 is 0 Å². The highest BCUT2D eigenvalue weighted by molar-refractivity contribution is 4.91. The summed E-state index contributed by atoms with van der Waals surface area (Å²) in [5.74, 6) is 1.71. The van der Waals surface area contributed by atoms with Crippen molar-refractivity contribution in [1.82, 2.24) is 4.90 Å². The van der Waals surface area contributed by atoms with E-state index in [9.17, 15) is 0 Å². The number of nitrogens with two attached hydrogens (primary N) is 1. The van der Waals surface area contributed by atoms with Crippen molar-refractivity contribution in [3.63, 3.8) is 0 Å². The average molecular weight is 224 g/mol. The van der Waals surface area contributed by atoms with Gasteiger partial charge in [0.15, 0.2) is 0 Å². The van der Waals surface area contributed by atoms with Gasteiger partial charge in [-0.3, -0.25) is 4.90 Å². The summed E-state index contributed by atoms with van der Waals surface area (Å²) in [6.45, 7) is 6.91. The fraction of sp³-hybridized carbons (Fsp3) is 1.00. The second kappa shape index (κ2) is 5.50. The molecule has 1 saturated carbocycles. The highest BCUT2D eigenvalue weighted by Crippen LogP contribution is 2.35. The van der Waals surface area contributed by atoms with Crippen molar-refractivity contribution in [3.05, 3.63) is 0 Å². The van der Waals surface area contributed by atoms with Crippen molar-refractivity contribution in [2.75, 3.05) is 13.1 Å². The second-order valence-corrected chi connectivity index (χ2v) is 5.90. The van der Waals surface area contributed by atoms with Crippen LogP contribution < -0.4 is 5.73 Å². The van der Waals surface area contributed by atoms with E-state index in [4.69, 9.17) is 5.73 Å². The summed E-state index contributed by atoms with van der Waals surface area (Å²) < 4.78 is 0. The van der Waals surface area contributed by atoms with E-state index in [-0.39, 0.29) is 0 Å². The minimum Gasteiger partial charge on any atom is -0.330 e. The number of hydrogen-bond acceptors (Lipinski definition) is 2. The molecule has 4 atom stereocenters. The maximum absolute atomic E-state index is 5.83. The molecule has 2 fully saturated rings. The topological polar surface area (TPSA) is 29.3 Å². The van der Waals surface area contributed by atoms with Crippen LogP contribution >= 0.6 is 0 Å². The molecule has 16 heavy (non-hydrogen) atoms. The molecule has 4 unspecified atom stereocenters. The van der Waals surface area contributed by atoms with Gasteiger partial charge in [0.05, 0.1) is 0 Å². The van der Waals surface area contributed by atoms with E-state index in [0.29, 0.717) is 0 Å². The van der Waals surface area contributed by atoms with Crippen LogP contribution in [0.15, 0.2) is 0 Å². The van der Waals surface area contributed by atoms with Crippen molar-refractivity contribution in [2.45, 2.75) is 64.5 Å². The zero-order valence-corrected chi connectivity index (χ0v) is 11.0. The smallest absolute Gasteiger partial charge is 0.0126 e. The Morgan fingerprint density at radius 2 is 2.00 bits per heavy atom. The Kier molecular flexibility index (Phi) is 4.26. The Balaban J connectivity index is 1.99. The minimum absolute atomic E-state index is 0.759. The first-order valence-electron chi connectivity index (χ1n) is 7.22. The quantitative estimate of drug-likeness (QED) is 0.798. The molecule has 0 aromatic heterocycles. The first-order valence-corrected chi connectivity index (χ1v) is 7.22. The third-order valence-corrected chi connectivity index (χ3v) is 4.86. The molecule has 0 spiro atoms. The van der Waals surface area contributed by atoms with E-state index in [1.165, 1.54) is 45.1 Å². The molecule has 2 rings (SSSR count). The van der Waals surface area contributed by atoms with E-state index in [1.54, 1.807) is 0 Å². The van der Waals surface area contributed by atoms with Crippen molar-refractivity contribution in [2.24, 2.45) is 17.6 Å². The lowest BCUT2D eigenvalue weighted by Crippen LogP contribution is -2.44. The summed E-state index contributed by atoms with van der Waals surface area (Å²) in [4.78, 5) is 2.78. The molecule has 1 aliphatic carbocycles. The fourth-order valence-electron chi connectivity index (χ4n) is 3.90. The predicted molar refractivity (Wildman–Crippen MR) is 69.4 cm³/mol. The van der Waals surface area contributed by atoms with E-state index < -0.39 is 0 Å². The molecule has 2 aliphatic rings. The SMILES string of the molecule is CCC1CCCCC1N1CC(CN)CC1C.